The van der Waals surface area contributed by atoms with Gasteiger partial charge in [-0.15, -0.1) is 24.0 Å². The fourth-order valence-electron chi connectivity index (χ4n) is 1.96. The predicted octanol–water partition coefficient (Wildman–Crippen LogP) is 4.14. The maximum atomic E-state index is 12.1. The molecule has 0 aromatic heterocycles. The van der Waals surface area contributed by atoms with Gasteiger partial charge in [-0.25, -0.2) is 0 Å². The number of hydrogen-bond donors (Lipinski definition) is 2. The molecule has 4 nitrogen and oxygen atoms in total. The first-order chi connectivity index (χ1) is 11.4. The summed E-state index contributed by atoms with van der Waals surface area (Å²) in [5.41, 5.74) is 1.12. The minimum Gasteiger partial charge on any atom is -0.494 e. The van der Waals surface area contributed by atoms with Crippen LogP contribution in [0.4, 0.5) is 13.2 Å². The summed E-state index contributed by atoms with van der Waals surface area (Å²) in [4.78, 5) is 3.90. The second-order valence-electron chi connectivity index (χ2n) is 5.39. The standard InChI is InChI=1S/C17H26F3N3O.HI/c1-3-4-13-24-15-7-5-14(6-8-15)9-11-22-16(21-2)23-12-10-17(18,19)20;/h5-8H,3-4,9-13H2,1-2H3,(H2,21,22,23);1H. The molecule has 0 fully saturated rings. The van der Waals surface area contributed by atoms with Gasteiger partial charge in [0.05, 0.1) is 13.0 Å². The topological polar surface area (TPSA) is 45.6 Å². The number of aliphatic imine (C=N–C) groups is 1. The van der Waals surface area contributed by atoms with Crippen molar-refractivity contribution in [1.82, 2.24) is 10.6 Å². The van der Waals surface area contributed by atoms with Gasteiger partial charge in [0.1, 0.15) is 5.75 Å². The molecule has 0 radical (unpaired) electrons. The molecule has 144 valence electrons. The van der Waals surface area contributed by atoms with Crippen molar-refractivity contribution in [2.45, 2.75) is 38.8 Å². The van der Waals surface area contributed by atoms with Gasteiger partial charge in [-0.05, 0) is 30.5 Å². The zero-order chi connectivity index (χ0) is 17.8. The molecule has 1 rings (SSSR count). The highest BCUT2D eigenvalue weighted by Crippen LogP contribution is 2.18. The summed E-state index contributed by atoms with van der Waals surface area (Å²) in [5.74, 6) is 1.23. The van der Waals surface area contributed by atoms with Crippen LogP contribution in [-0.4, -0.2) is 38.9 Å². The second-order valence-corrected chi connectivity index (χ2v) is 5.39. The van der Waals surface area contributed by atoms with Crippen LogP contribution in [-0.2, 0) is 6.42 Å². The molecule has 1 aromatic carbocycles. The molecule has 0 atom stereocenters. The van der Waals surface area contributed by atoms with Gasteiger partial charge in [-0.3, -0.25) is 4.99 Å². The van der Waals surface area contributed by atoms with Crippen LogP contribution >= 0.6 is 24.0 Å². The Morgan fingerprint density at radius 3 is 2.32 bits per heavy atom. The molecule has 0 saturated heterocycles. The molecule has 0 aliphatic heterocycles. The van der Waals surface area contributed by atoms with Crippen molar-refractivity contribution in [3.63, 3.8) is 0 Å². The zero-order valence-electron chi connectivity index (χ0n) is 14.7. The van der Waals surface area contributed by atoms with E-state index >= 15 is 0 Å². The number of hydrogen-bond acceptors (Lipinski definition) is 2. The summed E-state index contributed by atoms with van der Waals surface area (Å²) >= 11 is 0. The zero-order valence-corrected chi connectivity index (χ0v) is 17.0. The summed E-state index contributed by atoms with van der Waals surface area (Å²) < 4.78 is 41.9. The van der Waals surface area contributed by atoms with E-state index in [2.05, 4.69) is 22.5 Å². The van der Waals surface area contributed by atoms with E-state index in [4.69, 9.17) is 4.74 Å². The van der Waals surface area contributed by atoms with Gasteiger partial charge >= 0.3 is 6.18 Å². The first-order valence-corrected chi connectivity index (χ1v) is 8.17. The van der Waals surface area contributed by atoms with E-state index in [1.807, 2.05) is 24.3 Å². The molecule has 0 aliphatic carbocycles. The van der Waals surface area contributed by atoms with E-state index in [-0.39, 0.29) is 30.5 Å². The Labute approximate surface area is 164 Å². The lowest BCUT2D eigenvalue weighted by molar-refractivity contribution is -0.132. The predicted molar refractivity (Wildman–Crippen MR) is 106 cm³/mol. The van der Waals surface area contributed by atoms with Crippen molar-refractivity contribution in [2.75, 3.05) is 26.7 Å². The van der Waals surface area contributed by atoms with Gasteiger partial charge in [0.15, 0.2) is 5.96 Å². The molecule has 8 heteroatoms. The highest BCUT2D eigenvalue weighted by atomic mass is 127. The lowest BCUT2D eigenvalue weighted by Gasteiger charge is -2.13. The first kappa shape index (κ1) is 23.8. The van der Waals surface area contributed by atoms with Gasteiger partial charge in [-0.2, -0.15) is 13.2 Å². The fourth-order valence-corrected chi connectivity index (χ4v) is 1.96. The largest absolute Gasteiger partial charge is 0.494 e. The molecule has 0 amide bonds. The van der Waals surface area contributed by atoms with Crippen LogP contribution in [0.1, 0.15) is 31.7 Å². The molecule has 0 unspecified atom stereocenters. The highest BCUT2D eigenvalue weighted by Gasteiger charge is 2.26. The van der Waals surface area contributed by atoms with E-state index in [1.54, 1.807) is 0 Å². The number of ether oxygens (including phenoxy) is 1. The second kappa shape index (κ2) is 13.1. The highest BCUT2D eigenvalue weighted by molar-refractivity contribution is 14.0. The van der Waals surface area contributed by atoms with Crippen LogP contribution < -0.4 is 15.4 Å². The molecule has 2 N–H and O–H groups in total. The Bertz CT molecular complexity index is 493. The number of halogens is 4. The van der Waals surface area contributed by atoms with Crippen LogP contribution in [0.15, 0.2) is 29.3 Å². The third-order valence-corrected chi connectivity index (χ3v) is 3.32. The van der Waals surface area contributed by atoms with E-state index in [9.17, 15) is 13.2 Å². The van der Waals surface area contributed by atoms with Gasteiger partial charge in [-0.1, -0.05) is 25.5 Å². The van der Waals surface area contributed by atoms with Crippen molar-refractivity contribution in [1.29, 1.82) is 0 Å². The van der Waals surface area contributed by atoms with Crippen molar-refractivity contribution in [2.24, 2.45) is 4.99 Å². The maximum Gasteiger partial charge on any atom is 0.390 e. The number of guanidine groups is 1. The molecule has 0 spiro atoms. The Kier molecular flexibility index (Phi) is 12.5. The first-order valence-electron chi connectivity index (χ1n) is 8.17. The van der Waals surface area contributed by atoms with Gasteiger partial charge in [0, 0.05) is 20.1 Å². The average molecular weight is 473 g/mol. The monoisotopic (exact) mass is 473 g/mol. The fraction of sp³-hybridized carbons (Fsp3) is 0.588. The van der Waals surface area contributed by atoms with Crippen molar-refractivity contribution >= 4 is 29.9 Å². The third kappa shape index (κ3) is 11.9. The normalized spacial score (nSPS) is 11.6. The van der Waals surface area contributed by atoms with E-state index in [0.717, 1.165) is 37.2 Å². The summed E-state index contributed by atoms with van der Waals surface area (Å²) in [6.45, 7) is 3.23. The van der Waals surface area contributed by atoms with Crippen LogP contribution in [0.5, 0.6) is 5.75 Å². The molecule has 1 aromatic rings. The minimum atomic E-state index is -4.16. The average Bonchev–Trinajstić information content (AvgIpc) is 2.54. The lowest BCUT2D eigenvalue weighted by Crippen LogP contribution is -2.39. The Hall–Kier alpha value is -1.19. The Morgan fingerprint density at radius 2 is 1.76 bits per heavy atom. The quantitative estimate of drug-likeness (QED) is 0.245. The van der Waals surface area contributed by atoms with Crippen molar-refractivity contribution < 1.29 is 17.9 Å². The van der Waals surface area contributed by atoms with E-state index in [0.29, 0.717) is 12.5 Å². The van der Waals surface area contributed by atoms with Crippen molar-refractivity contribution in [3.8, 4) is 5.75 Å². The van der Waals surface area contributed by atoms with Crippen LogP contribution in [0.3, 0.4) is 0 Å². The number of rotatable bonds is 9. The number of unbranched alkanes of at least 4 members (excludes halogenated alkanes) is 1. The summed E-state index contributed by atoms with van der Waals surface area (Å²) in [5, 5.41) is 5.65. The maximum absolute atomic E-state index is 12.1. The van der Waals surface area contributed by atoms with Crippen LogP contribution in [0.2, 0.25) is 0 Å². The van der Waals surface area contributed by atoms with Gasteiger partial charge in [0.25, 0.3) is 0 Å². The molecule has 0 bridgehead atoms. The molecular weight excluding hydrogens is 446 g/mol. The molecule has 25 heavy (non-hydrogen) atoms. The number of benzene rings is 1. The Balaban J connectivity index is 0.00000576. The molecule has 0 saturated carbocycles. The smallest absolute Gasteiger partial charge is 0.390 e. The van der Waals surface area contributed by atoms with E-state index in [1.165, 1.54) is 7.05 Å². The van der Waals surface area contributed by atoms with E-state index < -0.39 is 12.6 Å². The molecule has 0 heterocycles. The number of alkyl halides is 3. The van der Waals surface area contributed by atoms with Gasteiger partial charge < -0.3 is 15.4 Å². The Morgan fingerprint density at radius 1 is 1.12 bits per heavy atom. The molecule has 0 aliphatic rings. The van der Waals surface area contributed by atoms with Crippen molar-refractivity contribution in [3.05, 3.63) is 29.8 Å². The summed E-state index contributed by atoms with van der Waals surface area (Å²) in [6, 6.07) is 7.84. The number of nitrogens with zero attached hydrogens (tertiary/aromatic N) is 1. The summed E-state index contributed by atoms with van der Waals surface area (Å²) in [7, 11) is 1.53. The van der Waals surface area contributed by atoms with Gasteiger partial charge in [0.2, 0.25) is 0 Å². The summed E-state index contributed by atoms with van der Waals surface area (Å²) in [6.07, 6.45) is -2.16. The minimum absolute atomic E-state index is 0. The third-order valence-electron chi connectivity index (χ3n) is 3.32. The van der Waals surface area contributed by atoms with Crippen LogP contribution in [0, 0.1) is 0 Å². The lowest BCUT2D eigenvalue weighted by atomic mass is 10.1. The SMILES string of the molecule is CCCCOc1ccc(CCNC(=NC)NCCC(F)(F)F)cc1.I. The number of nitrogens with one attached hydrogen (secondary N) is 2. The molecular formula is C17H27F3IN3O. The van der Waals surface area contributed by atoms with Crippen LogP contribution in [0.25, 0.3) is 0 Å².